The minimum Gasteiger partial charge on any atom is -0.322 e. The maximum atomic E-state index is 13.9. The van der Waals surface area contributed by atoms with Crippen molar-refractivity contribution in [3.63, 3.8) is 0 Å². The van der Waals surface area contributed by atoms with Gasteiger partial charge in [-0.15, -0.1) is 0 Å². The summed E-state index contributed by atoms with van der Waals surface area (Å²) in [5, 5.41) is 2.59. The molecule has 138 valence electrons. The number of carbonyl (C=O) groups is 1. The number of hydrogen-bond donors (Lipinski definition) is 1. The number of hydrogen-bond acceptors (Lipinski definition) is 3. The molecule has 2 aromatic carbocycles. The van der Waals surface area contributed by atoms with Crippen molar-refractivity contribution in [3.05, 3.63) is 57.3 Å². The zero-order valence-electron chi connectivity index (χ0n) is 13.5. The van der Waals surface area contributed by atoms with Gasteiger partial charge in [0.1, 0.15) is 10.7 Å². The molecular formula is C17H15BrClFN2O3S. The molecule has 1 N–H and O–H groups in total. The second-order valence-electron chi connectivity index (χ2n) is 5.83. The van der Waals surface area contributed by atoms with E-state index in [0.717, 1.165) is 12.8 Å². The van der Waals surface area contributed by atoms with Crippen LogP contribution in [0.4, 0.5) is 10.1 Å². The Balaban J connectivity index is 1.90. The van der Waals surface area contributed by atoms with Gasteiger partial charge in [-0.05, 0) is 49.2 Å². The van der Waals surface area contributed by atoms with Crippen molar-refractivity contribution in [1.82, 2.24) is 4.31 Å². The van der Waals surface area contributed by atoms with E-state index < -0.39 is 21.7 Å². The predicted molar refractivity (Wildman–Crippen MR) is 101 cm³/mol. The molecule has 0 saturated carbocycles. The number of halogens is 3. The Morgan fingerprint density at radius 2 is 1.85 bits per heavy atom. The average Bonchev–Trinajstić information content (AvgIpc) is 3.14. The molecule has 0 radical (unpaired) electrons. The van der Waals surface area contributed by atoms with Crippen LogP contribution in [0.3, 0.4) is 0 Å². The topological polar surface area (TPSA) is 66.5 Å². The molecule has 0 aromatic heterocycles. The lowest BCUT2D eigenvalue weighted by atomic mass is 10.2. The molecule has 3 rings (SSSR count). The molecule has 2 aromatic rings. The highest BCUT2D eigenvalue weighted by molar-refractivity contribution is 9.10. The third-order valence-corrected chi connectivity index (χ3v) is 6.92. The molecule has 0 bridgehead atoms. The van der Waals surface area contributed by atoms with Crippen LogP contribution in [0.25, 0.3) is 0 Å². The van der Waals surface area contributed by atoms with E-state index in [1.54, 1.807) is 0 Å². The van der Waals surface area contributed by atoms with E-state index in [-0.39, 0.29) is 21.2 Å². The fourth-order valence-electron chi connectivity index (χ4n) is 2.72. The van der Waals surface area contributed by atoms with E-state index in [1.165, 1.54) is 40.7 Å². The van der Waals surface area contributed by atoms with Crippen molar-refractivity contribution in [1.29, 1.82) is 0 Å². The SMILES string of the molecule is O=C(Nc1ccc(Cl)c(S(=O)(=O)N2CCCC2)c1)c1cc(Br)ccc1F. The van der Waals surface area contributed by atoms with Gasteiger partial charge in [-0.25, -0.2) is 12.8 Å². The lowest BCUT2D eigenvalue weighted by Crippen LogP contribution is -2.28. The van der Waals surface area contributed by atoms with Crippen molar-refractivity contribution in [2.75, 3.05) is 18.4 Å². The molecule has 0 unspecified atom stereocenters. The van der Waals surface area contributed by atoms with Crippen LogP contribution in [0, 0.1) is 5.82 Å². The Hall–Kier alpha value is -1.48. The smallest absolute Gasteiger partial charge is 0.258 e. The van der Waals surface area contributed by atoms with E-state index in [4.69, 9.17) is 11.6 Å². The van der Waals surface area contributed by atoms with Crippen LogP contribution in [0.1, 0.15) is 23.2 Å². The average molecular weight is 462 g/mol. The largest absolute Gasteiger partial charge is 0.322 e. The zero-order chi connectivity index (χ0) is 18.9. The Bertz CT molecular complexity index is 962. The number of nitrogens with zero attached hydrogens (tertiary/aromatic N) is 1. The van der Waals surface area contributed by atoms with Gasteiger partial charge in [0.2, 0.25) is 10.0 Å². The molecule has 0 atom stereocenters. The van der Waals surface area contributed by atoms with Gasteiger partial charge in [0.05, 0.1) is 10.6 Å². The minimum atomic E-state index is -3.74. The summed E-state index contributed by atoms with van der Waals surface area (Å²) in [6.45, 7) is 0.886. The normalized spacial score (nSPS) is 15.2. The lowest BCUT2D eigenvalue weighted by molar-refractivity contribution is 0.102. The van der Waals surface area contributed by atoms with E-state index in [9.17, 15) is 17.6 Å². The highest BCUT2D eigenvalue weighted by Gasteiger charge is 2.29. The number of benzene rings is 2. The van der Waals surface area contributed by atoms with Crippen molar-refractivity contribution in [3.8, 4) is 0 Å². The maximum absolute atomic E-state index is 13.9. The van der Waals surface area contributed by atoms with Crippen molar-refractivity contribution in [2.24, 2.45) is 0 Å². The number of sulfonamides is 1. The van der Waals surface area contributed by atoms with E-state index in [2.05, 4.69) is 21.2 Å². The molecule has 1 fully saturated rings. The summed E-state index contributed by atoms with van der Waals surface area (Å²) in [7, 11) is -3.74. The summed E-state index contributed by atoms with van der Waals surface area (Å²) < 4.78 is 41.2. The minimum absolute atomic E-state index is 0.0727. The molecule has 1 aliphatic rings. The monoisotopic (exact) mass is 460 g/mol. The van der Waals surface area contributed by atoms with Crippen LogP contribution in [0.2, 0.25) is 5.02 Å². The first-order valence-corrected chi connectivity index (χ1v) is 10.5. The fourth-order valence-corrected chi connectivity index (χ4v) is 5.09. The van der Waals surface area contributed by atoms with Gasteiger partial charge in [-0.3, -0.25) is 4.79 Å². The Kier molecular flexibility index (Phi) is 5.67. The summed E-state index contributed by atoms with van der Waals surface area (Å²) in [6, 6.07) is 8.17. The summed E-state index contributed by atoms with van der Waals surface area (Å²) in [5.74, 6) is -1.36. The summed E-state index contributed by atoms with van der Waals surface area (Å²) in [6.07, 6.45) is 1.60. The van der Waals surface area contributed by atoms with Crippen LogP contribution in [0.15, 0.2) is 45.8 Å². The Labute approximate surface area is 164 Å². The van der Waals surface area contributed by atoms with Gasteiger partial charge in [0, 0.05) is 23.2 Å². The molecule has 26 heavy (non-hydrogen) atoms. The highest BCUT2D eigenvalue weighted by Crippen LogP contribution is 2.30. The number of nitrogens with one attached hydrogen (secondary N) is 1. The second kappa shape index (κ2) is 7.64. The highest BCUT2D eigenvalue weighted by atomic mass is 79.9. The van der Waals surface area contributed by atoms with Gasteiger partial charge >= 0.3 is 0 Å². The van der Waals surface area contributed by atoms with Crippen LogP contribution >= 0.6 is 27.5 Å². The number of rotatable bonds is 4. The zero-order valence-corrected chi connectivity index (χ0v) is 16.7. The molecule has 9 heteroatoms. The predicted octanol–water partition coefficient (Wildman–Crippen LogP) is 4.28. The lowest BCUT2D eigenvalue weighted by Gasteiger charge is -2.17. The second-order valence-corrected chi connectivity index (χ2v) is 9.06. The van der Waals surface area contributed by atoms with Crippen LogP contribution in [-0.2, 0) is 10.0 Å². The molecule has 0 spiro atoms. The summed E-state index contributed by atoms with van der Waals surface area (Å²) in [5.41, 5.74) is 0.0647. The van der Waals surface area contributed by atoms with Gasteiger partial charge in [-0.2, -0.15) is 4.31 Å². The summed E-state index contributed by atoms with van der Waals surface area (Å²) >= 11 is 9.26. The fraction of sp³-hybridized carbons (Fsp3) is 0.235. The standard InChI is InChI=1S/C17H15BrClFN2O3S/c18-11-3-6-15(20)13(9-11)17(23)21-12-4-5-14(19)16(10-12)26(24,25)22-7-1-2-8-22/h3-6,9-10H,1-2,7-8H2,(H,21,23). The van der Waals surface area contributed by atoms with E-state index in [0.29, 0.717) is 17.6 Å². The van der Waals surface area contributed by atoms with Crippen LogP contribution in [-0.4, -0.2) is 31.7 Å². The Morgan fingerprint density at radius 1 is 1.15 bits per heavy atom. The van der Waals surface area contributed by atoms with Crippen molar-refractivity contribution < 1.29 is 17.6 Å². The summed E-state index contributed by atoms with van der Waals surface area (Å²) in [4.78, 5) is 12.2. The van der Waals surface area contributed by atoms with Gasteiger partial charge in [-0.1, -0.05) is 27.5 Å². The van der Waals surface area contributed by atoms with Crippen molar-refractivity contribution in [2.45, 2.75) is 17.7 Å². The third-order valence-electron chi connectivity index (χ3n) is 4.04. The molecule has 1 saturated heterocycles. The van der Waals surface area contributed by atoms with Crippen LogP contribution in [0.5, 0.6) is 0 Å². The van der Waals surface area contributed by atoms with Gasteiger partial charge in [0.25, 0.3) is 5.91 Å². The number of anilines is 1. The Morgan fingerprint density at radius 3 is 2.54 bits per heavy atom. The number of carbonyl (C=O) groups excluding carboxylic acids is 1. The van der Waals surface area contributed by atoms with Crippen molar-refractivity contribution >= 4 is 49.1 Å². The van der Waals surface area contributed by atoms with Crippen LogP contribution < -0.4 is 5.32 Å². The number of amides is 1. The molecular weight excluding hydrogens is 447 g/mol. The first-order valence-electron chi connectivity index (χ1n) is 7.85. The van der Waals surface area contributed by atoms with Gasteiger partial charge < -0.3 is 5.32 Å². The first-order chi connectivity index (χ1) is 12.3. The van der Waals surface area contributed by atoms with E-state index in [1.807, 2.05) is 0 Å². The quantitative estimate of drug-likeness (QED) is 0.739. The molecule has 1 heterocycles. The molecule has 1 aliphatic heterocycles. The first kappa shape index (κ1) is 19.3. The molecule has 5 nitrogen and oxygen atoms in total. The maximum Gasteiger partial charge on any atom is 0.258 e. The molecule has 1 amide bonds. The molecule has 0 aliphatic carbocycles. The third kappa shape index (κ3) is 3.93. The van der Waals surface area contributed by atoms with Gasteiger partial charge in [0.15, 0.2) is 0 Å². The van der Waals surface area contributed by atoms with E-state index >= 15 is 0 Å².